The number of aryl methyl sites for hydroxylation is 1. The van der Waals surface area contributed by atoms with Gasteiger partial charge in [-0.05, 0) is 12.5 Å². The molecule has 0 radical (unpaired) electrons. The lowest BCUT2D eigenvalue weighted by molar-refractivity contribution is -0.384. The van der Waals surface area contributed by atoms with Crippen molar-refractivity contribution in [1.29, 1.82) is 0 Å². The van der Waals surface area contributed by atoms with Gasteiger partial charge in [-0.25, -0.2) is 0 Å². The molecule has 0 spiro atoms. The van der Waals surface area contributed by atoms with Gasteiger partial charge in [0.15, 0.2) is 0 Å². The van der Waals surface area contributed by atoms with Gasteiger partial charge < -0.3 is 10.0 Å². The molecule has 0 amide bonds. The Hall–Kier alpha value is -1.66. The molecule has 2 rings (SSSR count). The number of nitro groups is 1. The SMILES string of the molecule is Cc1ccc([N+](=O)[O-])cc1N1CCN(CCO)CC1. The van der Waals surface area contributed by atoms with Crippen molar-refractivity contribution in [3.8, 4) is 0 Å². The van der Waals surface area contributed by atoms with Crippen LogP contribution < -0.4 is 4.90 Å². The number of β-amino-alcohol motifs (C(OH)–C–C–N with tert-alkyl or cyclic N) is 1. The van der Waals surface area contributed by atoms with Gasteiger partial charge in [0.25, 0.3) is 5.69 Å². The Bertz CT molecular complexity index is 456. The van der Waals surface area contributed by atoms with Crippen molar-refractivity contribution in [3.05, 3.63) is 33.9 Å². The topological polar surface area (TPSA) is 69.9 Å². The summed E-state index contributed by atoms with van der Waals surface area (Å²) in [4.78, 5) is 14.9. The minimum atomic E-state index is -0.356. The molecule has 0 atom stereocenters. The fourth-order valence-corrected chi connectivity index (χ4v) is 2.41. The number of nitrogens with zero attached hydrogens (tertiary/aromatic N) is 3. The van der Waals surface area contributed by atoms with E-state index in [-0.39, 0.29) is 17.2 Å². The summed E-state index contributed by atoms with van der Waals surface area (Å²) in [5.74, 6) is 0. The molecule has 1 heterocycles. The van der Waals surface area contributed by atoms with Crippen molar-refractivity contribution in [3.63, 3.8) is 0 Å². The average molecular weight is 265 g/mol. The number of hydrogen-bond acceptors (Lipinski definition) is 5. The average Bonchev–Trinajstić information content (AvgIpc) is 2.40. The predicted octanol–water partition coefficient (Wildman–Crippen LogP) is 1.02. The number of non-ortho nitro benzene ring substituents is 1. The third-order valence-electron chi connectivity index (χ3n) is 3.53. The van der Waals surface area contributed by atoms with E-state index in [0.717, 1.165) is 37.4 Å². The molecule has 1 aliphatic heterocycles. The first-order valence-corrected chi connectivity index (χ1v) is 6.45. The van der Waals surface area contributed by atoms with Crippen LogP contribution in [0.5, 0.6) is 0 Å². The van der Waals surface area contributed by atoms with Crippen LogP contribution in [0.15, 0.2) is 18.2 Å². The zero-order chi connectivity index (χ0) is 13.8. The highest BCUT2D eigenvalue weighted by atomic mass is 16.6. The Morgan fingerprint density at radius 3 is 2.58 bits per heavy atom. The highest BCUT2D eigenvalue weighted by Crippen LogP contribution is 2.26. The molecule has 0 bridgehead atoms. The quantitative estimate of drug-likeness (QED) is 0.650. The van der Waals surface area contributed by atoms with Gasteiger partial charge in [-0.15, -0.1) is 0 Å². The van der Waals surface area contributed by atoms with E-state index in [2.05, 4.69) is 9.80 Å². The highest BCUT2D eigenvalue weighted by molar-refractivity contribution is 5.59. The lowest BCUT2D eigenvalue weighted by Crippen LogP contribution is -2.47. The fraction of sp³-hybridized carbons (Fsp3) is 0.538. The van der Waals surface area contributed by atoms with Gasteiger partial charge in [0.05, 0.1) is 11.5 Å². The van der Waals surface area contributed by atoms with Crippen LogP contribution in [-0.2, 0) is 0 Å². The maximum Gasteiger partial charge on any atom is 0.271 e. The molecule has 19 heavy (non-hydrogen) atoms. The highest BCUT2D eigenvalue weighted by Gasteiger charge is 2.19. The number of rotatable bonds is 4. The van der Waals surface area contributed by atoms with E-state index in [9.17, 15) is 10.1 Å². The lowest BCUT2D eigenvalue weighted by Gasteiger charge is -2.36. The van der Waals surface area contributed by atoms with Gasteiger partial charge >= 0.3 is 0 Å². The summed E-state index contributed by atoms with van der Waals surface area (Å²) in [6.45, 7) is 6.27. The first kappa shape index (κ1) is 13.8. The van der Waals surface area contributed by atoms with E-state index in [1.54, 1.807) is 18.2 Å². The van der Waals surface area contributed by atoms with Crippen LogP contribution in [0.1, 0.15) is 5.56 Å². The Balaban J connectivity index is 2.10. The lowest BCUT2D eigenvalue weighted by atomic mass is 10.1. The number of anilines is 1. The molecule has 0 unspecified atom stereocenters. The predicted molar refractivity (Wildman–Crippen MR) is 73.6 cm³/mol. The Morgan fingerprint density at radius 2 is 2.00 bits per heavy atom. The summed E-state index contributed by atoms with van der Waals surface area (Å²) in [5.41, 5.74) is 2.14. The number of aliphatic hydroxyl groups excluding tert-OH is 1. The van der Waals surface area contributed by atoms with Crippen LogP contribution in [0.4, 0.5) is 11.4 Å². The summed E-state index contributed by atoms with van der Waals surface area (Å²) in [6, 6.07) is 4.99. The van der Waals surface area contributed by atoms with Gasteiger partial charge in [-0.1, -0.05) is 6.07 Å². The van der Waals surface area contributed by atoms with E-state index in [1.165, 1.54) is 0 Å². The van der Waals surface area contributed by atoms with Crippen molar-refractivity contribution in [1.82, 2.24) is 4.90 Å². The standard InChI is InChI=1S/C13H19N3O3/c1-11-2-3-12(16(18)19)10-13(11)15-6-4-14(5-7-15)8-9-17/h2-3,10,17H,4-9H2,1H3. The second-order valence-electron chi connectivity index (χ2n) is 4.78. The zero-order valence-corrected chi connectivity index (χ0v) is 11.1. The number of hydrogen-bond donors (Lipinski definition) is 1. The zero-order valence-electron chi connectivity index (χ0n) is 11.1. The van der Waals surface area contributed by atoms with Gasteiger partial charge in [-0.3, -0.25) is 15.0 Å². The maximum atomic E-state index is 10.8. The van der Waals surface area contributed by atoms with E-state index >= 15 is 0 Å². The smallest absolute Gasteiger partial charge is 0.271 e. The van der Waals surface area contributed by atoms with Crippen molar-refractivity contribution in [2.75, 3.05) is 44.2 Å². The second kappa shape index (κ2) is 5.99. The van der Waals surface area contributed by atoms with Crippen LogP contribution in [-0.4, -0.2) is 54.3 Å². The Morgan fingerprint density at radius 1 is 1.32 bits per heavy atom. The normalized spacial score (nSPS) is 16.6. The van der Waals surface area contributed by atoms with Crippen LogP contribution in [0, 0.1) is 17.0 Å². The number of aliphatic hydroxyl groups is 1. The Labute approximate surface area is 112 Å². The molecule has 1 fully saturated rings. The number of piperazine rings is 1. The van der Waals surface area contributed by atoms with Crippen LogP contribution >= 0.6 is 0 Å². The van der Waals surface area contributed by atoms with Gasteiger partial charge in [0.1, 0.15) is 0 Å². The minimum Gasteiger partial charge on any atom is -0.395 e. The monoisotopic (exact) mass is 265 g/mol. The molecule has 0 aromatic heterocycles. The summed E-state index contributed by atoms with van der Waals surface area (Å²) >= 11 is 0. The van der Waals surface area contributed by atoms with E-state index in [4.69, 9.17) is 5.11 Å². The molecule has 104 valence electrons. The maximum absolute atomic E-state index is 10.8. The minimum absolute atomic E-state index is 0.137. The van der Waals surface area contributed by atoms with Crippen molar-refractivity contribution >= 4 is 11.4 Å². The third kappa shape index (κ3) is 3.21. The number of benzene rings is 1. The van der Waals surface area contributed by atoms with Crippen molar-refractivity contribution < 1.29 is 10.0 Å². The van der Waals surface area contributed by atoms with E-state index < -0.39 is 0 Å². The Kier molecular flexibility index (Phi) is 4.34. The third-order valence-corrected chi connectivity index (χ3v) is 3.53. The molecule has 1 aromatic rings. The molecule has 0 aliphatic carbocycles. The van der Waals surface area contributed by atoms with Crippen LogP contribution in [0.2, 0.25) is 0 Å². The molecule has 1 aliphatic rings. The molecule has 1 saturated heterocycles. The molecule has 6 nitrogen and oxygen atoms in total. The van der Waals surface area contributed by atoms with E-state index in [1.807, 2.05) is 6.92 Å². The van der Waals surface area contributed by atoms with Gasteiger partial charge in [0.2, 0.25) is 0 Å². The summed E-state index contributed by atoms with van der Waals surface area (Å²) in [5, 5.41) is 19.7. The molecule has 1 N–H and O–H groups in total. The number of nitro benzene ring substituents is 1. The molecular weight excluding hydrogens is 246 g/mol. The molecular formula is C13H19N3O3. The largest absolute Gasteiger partial charge is 0.395 e. The first-order chi connectivity index (χ1) is 9.11. The van der Waals surface area contributed by atoms with Crippen molar-refractivity contribution in [2.45, 2.75) is 6.92 Å². The summed E-state index contributed by atoms with van der Waals surface area (Å²) in [7, 11) is 0. The molecule has 0 saturated carbocycles. The summed E-state index contributed by atoms with van der Waals surface area (Å²) in [6.07, 6.45) is 0. The second-order valence-corrected chi connectivity index (χ2v) is 4.78. The van der Waals surface area contributed by atoms with E-state index in [0.29, 0.717) is 6.54 Å². The summed E-state index contributed by atoms with van der Waals surface area (Å²) < 4.78 is 0. The van der Waals surface area contributed by atoms with Crippen LogP contribution in [0.3, 0.4) is 0 Å². The van der Waals surface area contributed by atoms with Crippen LogP contribution in [0.25, 0.3) is 0 Å². The molecule has 1 aromatic carbocycles. The fourth-order valence-electron chi connectivity index (χ4n) is 2.41. The van der Waals surface area contributed by atoms with Crippen molar-refractivity contribution in [2.24, 2.45) is 0 Å². The van der Waals surface area contributed by atoms with Gasteiger partial charge in [-0.2, -0.15) is 0 Å². The van der Waals surface area contributed by atoms with Gasteiger partial charge in [0, 0.05) is 50.5 Å². The first-order valence-electron chi connectivity index (χ1n) is 6.45. The molecule has 6 heteroatoms.